The molecular formula is C20H25N3O5S. The summed E-state index contributed by atoms with van der Waals surface area (Å²) in [6.07, 6.45) is 1.44. The van der Waals surface area contributed by atoms with Crippen molar-refractivity contribution in [1.82, 2.24) is 10.0 Å². The van der Waals surface area contributed by atoms with E-state index in [1.807, 2.05) is 13.0 Å². The van der Waals surface area contributed by atoms with E-state index in [9.17, 15) is 18.0 Å². The van der Waals surface area contributed by atoms with E-state index < -0.39 is 21.8 Å². The van der Waals surface area contributed by atoms with Gasteiger partial charge in [-0.15, -0.1) is 0 Å². The number of furan rings is 1. The number of carbonyl (C=O) groups excluding carboxylic acids is 2. The fourth-order valence-corrected chi connectivity index (χ4v) is 4.36. The summed E-state index contributed by atoms with van der Waals surface area (Å²) in [7, 11) is -2.36. The highest BCUT2D eigenvalue weighted by Crippen LogP contribution is 2.41. The third kappa shape index (κ3) is 4.68. The second-order valence-electron chi connectivity index (χ2n) is 8.00. The van der Waals surface area contributed by atoms with E-state index in [-0.39, 0.29) is 22.0 Å². The van der Waals surface area contributed by atoms with E-state index >= 15 is 0 Å². The molecule has 1 heterocycles. The van der Waals surface area contributed by atoms with Crippen LogP contribution in [-0.4, -0.2) is 27.3 Å². The number of anilines is 1. The summed E-state index contributed by atoms with van der Waals surface area (Å²) in [6.45, 7) is 6.02. The molecular weight excluding hydrogens is 394 g/mol. The predicted molar refractivity (Wildman–Crippen MR) is 108 cm³/mol. The van der Waals surface area contributed by atoms with Gasteiger partial charge in [-0.2, -0.15) is 0 Å². The molecule has 0 aliphatic heterocycles. The number of aryl methyl sites for hydroxylation is 1. The van der Waals surface area contributed by atoms with E-state index in [1.165, 1.54) is 31.3 Å². The lowest BCUT2D eigenvalue weighted by molar-refractivity contribution is -0.136. The van der Waals surface area contributed by atoms with Gasteiger partial charge < -0.3 is 15.1 Å². The zero-order valence-corrected chi connectivity index (χ0v) is 17.6. The number of nitrogens with one attached hydrogen (secondary N) is 3. The van der Waals surface area contributed by atoms with E-state index in [1.54, 1.807) is 0 Å². The van der Waals surface area contributed by atoms with Crippen molar-refractivity contribution in [2.24, 2.45) is 5.41 Å². The molecule has 3 N–H and O–H groups in total. The molecule has 8 nitrogen and oxygen atoms in total. The number of benzene rings is 1. The van der Waals surface area contributed by atoms with Crippen LogP contribution < -0.4 is 15.4 Å². The van der Waals surface area contributed by atoms with Gasteiger partial charge in [0.15, 0.2) is 0 Å². The Hall–Kier alpha value is -2.65. The molecule has 2 amide bonds. The van der Waals surface area contributed by atoms with Gasteiger partial charge in [-0.1, -0.05) is 19.9 Å². The molecule has 1 unspecified atom stereocenters. The molecule has 2 aromatic rings. The smallest absolute Gasteiger partial charge is 0.313 e. The van der Waals surface area contributed by atoms with Crippen molar-refractivity contribution < 1.29 is 22.4 Å². The molecule has 1 aromatic carbocycles. The van der Waals surface area contributed by atoms with Crippen molar-refractivity contribution in [3.05, 3.63) is 47.4 Å². The molecule has 3 rings (SSSR count). The zero-order chi connectivity index (χ0) is 21.4. The Morgan fingerprint density at radius 3 is 2.59 bits per heavy atom. The quantitative estimate of drug-likeness (QED) is 0.657. The highest BCUT2D eigenvalue weighted by molar-refractivity contribution is 7.89. The number of rotatable bonds is 4. The molecule has 29 heavy (non-hydrogen) atoms. The summed E-state index contributed by atoms with van der Waals surface area (Å²) in [5.41, 5.74) is 1.03. The van der Waals surface area contributed by atoms with Gasteiger partial charge in [0, 0.05) is 17.7 Å². The minimum absolute atomic E-state index is 0.00856. The van der Waals surface area contributed by atoms with Crippen molar-refractivity contribution >= 4 is 27.5 Å². The molecule has 0 spiro atoms. The molecule has 9 heteroatoms. The van der Waals surface area contributed by atoms with Crippen LogP contribution in [0.4, 0.5) is 5.69 Å². The summed E-state index contributed by atoms with van der Waals surface area (Å²) in [5, 5.41) is 5.23. The minimum Gasteiger partial charge on any atom is -0.466 e. The first-order valence-corrected chi connectivity index (χ1v) is 10.7. The van der Waals surface area contributed by atoms with Crippen LogP contribution in [0.5, 0.6) is 0 Å². The molecule has 0 saturated heterocycles. The number of fused-ring (bicyclic) bond motifs is 1. The molecule has 0 bridgehead atoms. The lowest BCUT2D eigenvalue weighted by Crippen LogP contribution is -2.41. The molecule has 1 atom stereocenters. The molecule has 1 aliphatic carbocycles. The van der Waals surface area contributed by atoms with Crippen LogP contribution in [0.25, 0.3) is 0 Å². The number of hydrogen-bond acceptors (Lipinski definition) is 5. The van der Waals surface area contributed by atoms with Gasteiger partial charge in [-0.25, -0.2) is 13.1 Å². The third-order valence-electron chi connectivity index (χ3n) is 4.92. The Labute approximate surface area is 170 Å². The van der Waals surface area contributed by atoms with Gasteiger partial charge in [0.1, 0.15) is 11.5 Å². The first-order valence-electron chi connectivity index (χ1n) is 9.25. The molecule has 1 aliphatic rings. The van der Waals surface area contributed by atoms with Crippen LogP contribution in [0.1, 0.15) is 43.4 Å². The Morgan fingerprint density at radius 2 is 1.90 bits per heavy atom. The average Bonchev–Trinajstić information content (AvgIpc) is 3.00. The second kappa shape index (κ2) is 7.64. The molecule has 0 radical (unpaired) electrons. The van der Waals surface area contributed by atoms with Gasteiger partial charge in [0.25, 0.3) is 0 Å². The Morgan fingerprint density at radius 1 is 1.17 bits per heavy atom. The first kappa shape index (κ1) is 21.1. The monoisotopic (exact) mass is 419 g/mol. The Bertz CT molecular complexity index is 1060. The van der Waals surface area contributed by atoms with Crippen molar-refractivity contribution in [2.75, 3.05) is 12.4 Å². The highest BCUT2D eigenvalue weighted by Gasteiger charge is 2.36. The SMILES string of the molecule is CNS(=O)(=O)c1cccc(NC(=O)C(=O)NC2CC(C)(C)Cc3oc(C)cc32)c1. The zero-order valence-electron chi connectivity index (χ0n) is 16.8. The van der Waals surface area contributed by atoms with Crippen LogP contribution >= 0.6 is 0 Å². The van der Waals surface area contributed by atoms with Crippen molar-refractivity contribution in [2.45, 2.75) is 44.6 Å². The minimum atomic E-state index is -3.66. The maximum absolute atomic E-state index is 12.5. The number of sulfonamides is 1. The predicted octanol–water partition coefficient (Wildman–Crippen LogP) is 2.26. The van der Waals surface area contributed by atoms with Crippen LogP contribution in [0.3, 0.4) is 0 Å². The molecule has 1 aromatic heterocycles. The summed E-state index contributed by atoms with van der Waals surface area (Å²) >= 11 is 0. The fraction of sp³-hybridized carbons (Fsp3) is 0.400. The number of carbonyl (C=O) groups is 2. The maximum atomic E-state index is 12.5. The molecule has 0 fully saturated rings. The first-order chi connectivity index (χ1) is 13.5. The number of amides is 2. The molecule has 0 saturated carbocycles. The van der Waals surface area contributed by atoms with E-state index in [0.29, 0.717) is 6.42 Å². The van der Waals surface area contributed by atoms with Gasteiger partial charge in [-0.3, -0.25) is 9.59 Å². The summed E-state index contributed by atoms with van der Waals surface area (Å²) in [6, 6.07) is 7.25. The average molecular weight is 420 g/mol. The van der Waals surface area contributed by atoms with Crippen molar-refractivity contribution in [1.29, 1.82) is 0 Å². The summed E-state index contributed by atoms with van der Waals surface area (Å²) < 4.78 is 31.8. The standard InChI is InChI=1S/C20H25N3O5S/c1-12-8-15-16(10-20(2,3)11-17(15)28-12)23-19(25)18(24)22-13-6-5-7-14(9-13)29(26,27)21-4/h5-9,16,21H,10-11H2,1-4H3,(H,22,24)(H,23,25). The highest BCUT2D eigenvalue weighted by atomic mass is 32.2. The van der Waals surface area contributed by atoms with E-state index in [4.69, 9.17) is 4.42 Å². The largest absolute Gasteiger partial charge is 0.466 e. The van der Waals surface area contributed by atoms with Crippen LogP contribution in [0.2, 0.25) is 0 Å². The lowest BCUT2D eigenvalue weighted by atomic mass is 9.74. The van der Waals surface area contributed by atoms with Crippen LogP contribution in [0.15, 0.2) is 39.6 Å². The van der Waals surface area contributed by atoms with E-state index in [2.05, 4.69) is 29.2 Å². The van der Waals surface area contributed by atoms with Crippen LogP contribution in [-0.2, 0) is 26.0 Å². The van der Waals surface area contributed by atoms with E-state index in [0.717, 1.165) is 23.5 Å². The summed E-state index contributed by atoms with van der Waals surface area (Å²) in [5.74, 6) is -0.0677. The second-order valence-corrected chi connectivity index (χ2v) is 9.88. The Kier molecular flexibility index (Phi) is 5.55. The number of hydrogen-bond donors (Lipinski definition) is 3. The molecule has 156 valence electrons. The van der Waals surface area contributed by atoms with Crippen molar-refractivity contribution in [3.8, 4) is 0 Å². The third-order valence-corrected chi connectivity index (χ3v) is 6.33. The van der Waals surface area contributed by atoms with Gasteiger partial charge in [0.2, 0.25) is 10.0 Å². The Balaban J connectivity index is 1.73. The van der Waals surface area contributed by atoms with Gasteiger partial charge in [0.05, 0.1) is 10.9 Å². The van der Waals surface area contributed by atoms with Crippen LogP contribution in [0, 0.1) is 12.3 Å². The van der Waals surface area contributed by atoms with Crippen molar-refractivity contribution in [3.63, 3.8) is 0 Å². The summed E-state index contributed by atoms with van der Waals surface area (Å²) in [4.78, 5) is 24.9. The fourth-order valence-electron chi connectivity index (χ4n) is 3.58. The maximum Gasteiger partial charge on any atom is 0.313 e. The normalized spacial score (nSPS) is 18.0. The topological polar surface area (TPSA) is 118 Å². The van der Waals surface area contributed by atoms with Gasteiger partial charge in [-0.05, 0) is 50.1 Å². The lowest BCUT2D eigenvalue weighted by Gasteiger charge is -2.34. The van der Waals surface area contributed by atoms with Gasteiger partial charge >= 0.3 is 11.8 Å².